The van der Waals surface area contributed by atoms with Gasteiger partial charge in [0, 0.05) is 35.1 Å². The number of aromatic nitrogens is 1. The third-order valence-corrected chi connectivity index (χ3v) is 7.04. The van der Waals surface area contributed by atoms with Crippen molar-refractivity contribution in [1.29, 1.82) is 0 Å². The van der Waals surface area contributed by atoms with Crippen LogP contribution in [0.2, 0.25) is 0 Å². The number of hydrogen-bond acceptors (Lipinski definition) is 7. The van der Waals surface area contributed by atoms with Crippen LogP contribution in [-0.2, 0) is 14.8 Å². The molecule has 0 unspecified atom stereocenters. The van der Waals surface area contributed by atoms with Gasteiger partial charge in [-0.15, -0.1) is 0 Å². The van der Waals surface area contributed by atoms with Gasteiger partial charge in [0.2, 0.25) is 0 Å². The molecule has 0 saturated carbocycles. The van der Waals surface area contributed by atoms with E-state index < -0.39 is 21.2 Å². The summed E-state index contributed by atoms with van der Waals surface area (Å²) < 4.78 is 33.9. The Bertz CT molecular complexity index is 1540. The van der Waals surface area contributed by atoms with Crippen molar-refractivity contribution in [2.24, 2.45) is 0 Å². The van der Waals surface area contributed by atoms with Gasteiger partial charge in [0.25, 0.3) is 21.2 Å². The maximum Gasteiger partial charge on any atom is 0.290 e. The molecule has 2 aromatic heterocycles. The molecule has 2 aromatic carbocycles. The molecule has 1 saturated heterocycles. The number of benzene rings is 2. The minimum Gasteiger partial charge on any atom is -0.456 e. The van der Waals surface area contributed by atoms with Gasteiger partial charge < -0.3 is 4.42 Å². The first kappa shape index (κ1) is 21.0. The normalized spacial score (nSPS) is 15.2. The number of amides is 2. The highest BCUT2D eigenvalue weighted by Gasteiger charge is 2.25. The third-order valence-electron chi connectivity index (χ3n) is 4.84. The Morgan fingerprint density at radius 2 is 1.82 bits per heavy atom. The lowest BCUT2D eigenvalue weighted by Gasteiger charge is -2.10. The molecular weight excluding hydrogens is 462 g/mol. The molecule has 10 heteroatoms. The number of thioether (sulfide) groups is 1. The minimum atomic E-state index is -3.74. The summed E-state index contributed by atoms with van der Waals surface area (Å²) in [4.78, 5) is 27.9. The molecule has 4 aromatic rings. The van der Waals surface area contributed by atoms with Crippen LogP contribution < -0.4 is 10.0 Å². The van der Waals surface area contributed by atoms with Crippen LogP contribution in [-0.4, -0.2) is 24.5 Å². The number of pyridine rings is 1. The van der Waals surface area contributed by atoms with Gasteiger partial charge in [-0.1, -0.05) is 30.3 Å². The summed E-state index contributed by atoms with van der Waals surface area (Å²) in [5.74, 6) is -0.0743. The van der Waals surface area contributed by atoms with Crippen LogP contribution in [0.3, 0.4) is 0 Å². The van der Waals surface area contributed by atoms with E-state index in [-0.39, 0.29) is 9.80 Å². The predicted octanol–water partition coefficient (Wildman–Crippen LogP) is 4.62. The summed E-state index contributed by atoms with van der Waals surface area (Å²) in [5.41, 5.74) is 2.25. The second-order valence-electron chi connectivity index (χ2n) is 7.11. The van der Waals surface area contributed by atoms with E-state index in [0.29, 0.717) is 33.5 Å². The molecule has 0 aliphatic carbocycles. The Kier molecular flexibility index (Phi) is 5.23. The van der Waals surface area contributed by atoms with Crippen LogP contribution in [0.4, 0.5) is 10.5 Å². The molecular formula is C23H15N3O5S2. The molecule has 1 aliphatic heterocycles. The monoisotopic (exact) mass is 477 g/mol. The topological polar surface area (TPSA) is 118 Å². The van der Waals surface area contributed by atoms with Crippen LogP contribution >= 0.6 is 11.8 Å². The lowest BCUT2D eigenvalue weighted by Crippen LogP contribution is -2.17. The van der Waals surface area contributed by atoms with Gasteiger partial charge in [0.1, 0.15) is 11.3 Å². The van der Waals surface area contributed by atoms with Crippen LogP contribution in [0, 0.1) is 0 Å². The molecule has 0 spiro atoms. The summed E-state index contributed by atoms with van der Waals surface area (Å²) in [7, 11) is -3.74. The van der Waals surface area contributed by atoms with E-state index >= 15 is 0 Å². The molecule has 3 heterocycles. The number of imide groups is 1. The summed E-state index contributed by atoms with van der Waals surface area (Å²) in [5, 5.41) is 2.47. The van der Waals surface area contributed by atoms with Crippen molar-refractivity contribution in [2.75, 3.05) is 4.72 Å². The van der Waals surface area contributed by atoms with E-state index in [1.165, 1.54) is 18.2 Å². The summed E-state index contributed by atoms with van der Waals surface area (Å²) in [6.07, 6.45) is 4.74. The molecule has 33 heavy (non-hydrogen) atoms. The summed E-state index contributed by atoms with van der Waals surface area (Å²) in [6, 6.07) is 16.7. The molecule has 1 aliphatic rings. The van der Waals surface area contributed by atoms with Gasteiger partial charge in [-0.25, -0.2) is 8.42 Å². The number of carbonyl (C=O) groups is 2. The first-order valence-electron chi connectivity index (χ1n) is 9.70. The third kappa shape index (κ3) is 4.26. The minimum absolute atomic E-state index is 0.162. The number of hydrogen-bond donors (Lipinski definition) is 2. The highest BCUT2D eigenvalue weighted by atomic mass is 32.2. The van der Waals surface area contributed by atoms with E-state index in [4.69, 9.17) is 4.42 Å². The molecule has 0 bridgehead atoms. The van der Waals surface area contributed by atoms with Crippen molar-refractivity contribution >= 4 is 55.7 Å². The number of sulfonamides is 1. The van der Waals surface area contributed by atoms with E-state index in [0.717, 1.165) is 11.8 Å². The number of furan rings is 1. The standard InChI is InChI=1S/C23H15N3O5S2/c27-22-20(32-23(28)25-22)11-17-10-15-12-24-13-19(21(15)31-17)14-5-4-6-16(9-14)26-33(29,30)18-7-2-1-3-8-18/h1-13,26H,(H,25,27,28)/b20-11+. The molecule has 0 atom stereocenters. The van der Waals surface area contributed by atoms with E-state index in [2.05, 4.69) is 15.0 Å². The zero-order valence-electron chi connectivity index (χ0n) is 16.8. The Morgan fingerprint density at radius 3 is 2.58 bits per heavy atom. The molecule has 8 nitrogen and oxygen atoms in total. The number of anilines is 1. The van der Waals surface area contributed by atoms with Crippen molar-refractivity contribution in [3.8, 4) is 11.1 Å². The Hall–Kier alpha value is -3.89. The van der Waals surface area contributed by atoms with Gasteiger partial charge in [-0.05, 0) is 47.7 Å². The largest absolute Gasteiger partial charge is 0.456 e. The van der Waals surface area contributed by atoms with Gasteiger partial charge >= 0.3 is 0 Å². The zero-order chi connectivity index (χ0) is 23.0. The van der Waals surface area contributed by atoms with Crippen LogP contribution in [0.5, 0.6) is 0 Å². The van der Waals surface area contributed by atoms with Gasteiger partial charge in [-0.2, -0.15) is 0 Å². The van der Waals surface area contributed by atoms with E-state index in [9.17, 15) is 18.0 Å². The maximum absolute atomic E-state index is 12.7. The fourth-order valence-corrected chi connectivity index (χ4v) is 5.11. The fourth-order valence-electron chi connectivity index (χ4n) is 3.37. The average molecular weight is 478 g/mol. The second kappa shape index (κ2) is 8.23. The maximum atomic E-state index is 12.7. The molecule has 2 N–H and O–H groups in total. The number of carbonyl (C=O) groups excluding carboxylic acids is 2. The number of fused-ring (bicyclic) bond motifs is 1. The highest BCUT2D eigenvalue weighted by molar-refractivity contribution is 8.18. The van der Waals surface area contributed by atoms with Crippen molar-refractivity contribution in [3.63, 3.8) is 0 Å². The van der Waals surface area contributed by atoms with Crippen LogP contribution in [0.1, 0.15) is 5.76 Å². The van der Waals surface area contributed by atoms with Crippen molar-refractivity contribution < 1.29 is 22.4 Å². The van der Waals surface area contributed by atoms with E-state index in [1.54, 1.807) is 54.9 Å². The number of nitrogens with one attached hydrogen (secondary N) is 2. The molecule has 2 amide bonds. The molecule has 1 fully saturated rings. The van der Waals surface area contributed by atoms with Crippen molar-refractivity contribution in [2.45, 2.75) is 4.90 Å². The van der Waals surface area contributed by atoms with Gasteiger partial charge in [0.15, 0.2) is 0 Å². The fraction of sp³-hybridized carbons (Fsp3) is 0. The first-order chi connectivity index (χ1) is 15.9. The summed E-state index contributed by atoms with van der Waals surface area (Å²) >= 11 is 0.805. The average Bonchev–Trinajstić information content (AvgIpc) is 3.35. The Balaban J connectivity index is 1.50. The molecule has 164 valence electrons. The second-order valence-corrected chi connectivity index (χ2v) is 9.80. The van der Waals surface area contributed by atoms with Crippen LogP contribution in [0.25, 0.3) is 28.2 Å². The number of nitrogens with zero attached hydrogens (tertiary/aromatic N) is 1. The lowest BCUT2D eigenvalue weighted by molar-refractivity contribution is -0.115. The predicted molar refractivity (Wildman–Crippen MR) is 126 cm³/mol. The molecule has 0 radical (unpaired) electrons. The number of rotatable bonds is 5. The van der Waals surface area contributed by atoms with Crippen LogP contribution in [0.15, 0.2) is 87.3 Å². The first-order valence-corrected chi connectivity index (χ1v) is 12.0. The molecule has 5 rings (SSSR count). The van der Waals surface area contributed by atoms with Gasteiger partial charge in [0.05, 0.1) is 9.80 Å². The highest BCUT2D eigenvalue weighted by Crippen LogP contribution is 2.34. The van der Waals surface area contributed by atoms with Crippen molar-refractivity contribution in [3.05, 3.63) is 83.7 Å². The Morgan fingerprint density at radius 1 is 1.00 bits per heavy atom. The zero-order valence-corrected chi connectivity index (χ0v) is 18.4. The van der Waals surface area contributed by atoms with Crippen molar-refractivity contribution in [1.82, 2.24) is 10.3 Å². The van der Waals surface area contributed by atoms with E-state index in [1.807, 2.05) is 6.07 Å². The quantitative estimate of drug-likeness (QED) is 0.403. The lowest BCUT2D eigenvalue weighted by atomic mass is 10.1. The SMILES string of the molecule is O=C1NC(=O)/C(=C\c2cc3cncc(-c4cccc(NS(=O)(=O)c5ccccc5)c4)c3o2)S1. The smallest absolute Gasteiger partial charge is 0.290 e. The van der Waals surface area contributed by atoms with Gasteiger partial charge in [-0.3, -0.25) is 24.6 Å². The summed E-state index contributed by atoms with van der Waals surface area (Å²) in [6.45, 7) is 0. The Labute approximate surface area is 192 Å².